The van der Waals surface area contributed by atoms with Gasteiger partial charge in [0.15, 0.2) is 0 Å². The molecule has 0 spiro atoms. The van der Waals surface area contributed by atoms with E-state index in [0.717, 1.165) is 0 Å². The Kier molecular flexibility index (Phi) is 5.86. The predicted octanol–water partition coefficient (Wildman–Crippen LogP) is 0.778. The molecule has 2 N–H and O–H groups in total. The molecule has 7 heteroatoms. The highest BCUT2D eigenvalue weighted by molar-refractivity contribution is 7.89. The molecule has 108 valence electrons. The quantitative estimate of drug-likeness (QED) is 0.728. The average molecular weight is 290 g/mol. The summed E-state index contributed by atoms with van der Waals surface area (Å²) in [5, 5.41) is 2.81. The van der Waals surface area contributed by atoms with E-state index in [1.54, 1.807) is 14.0 Å². The standard InChI is InChI=1S/C12H19FN2O3S/c1-9-6-11(7-10(8-14-2)12(9)13)19(16,17)15-4-5-18-3/h6-7,14-15H,4-5,8H2,1-3H3. The molecule has 0 amide bonds. The second kappa shape index (κ2) is 6.95. The van der Waals surface area contributed by atoms with Crippen LogP contribution < -0.4 is 10.0 Å². The van der Waals surface area contributed by atoms with Gasteiger partial charge in [-0.05, 0) is 31.7 Å². The number of nitrogens with one attached hydrogen (secondary N) is 2. The van der Waals surface area contributed by atoms with Crippen molar-refractivity contribution in [1.29, 1.82) is 0 Å². The van der Waals surface area contributed by atoms with Crippen molar-refractivity contribution < 1.29 is 17.5 Å². The first-order valence-corrected chi connectivity index (χ1v) is 7.33. The van der Waals surface area contributed by atoms with E-state index in [-0.39, 0.29) is 30.4 Å². The van der Waals surface area contributed by atoms with Crippen molar-refractivity contribution in [3.8, 4) is 0 Å². The Balaban J connectivity index is 3.06. The molecule has 0 fully saturated rings. The van der Waals surface area contributed by atoms with Gasteiger partial charge in [-0.15, -0.1) is 0 Å². The Morgan fingerprint density at radius 3 is 2.63 bits per heavy atom. The van der Waals surface area contributed by atoms with Gasteiger partial charge < -0.3 is 10.1 Å². The molecule has 0 aliphatic heterocycles. The zero-order chi connectivity index (χ0) is 14.5. The first-order valence-electron chi connectivity index (χ1n) is 5.84. The van der Waals surface area contributed by atoms with Gasteiger partial charge in [-0.2, -0.15) is 0 Å². The third kappa shape index (κ3) is 4.24. The molecular formula is C12H19FN2O3S. The third-order valence-electron chi connectivity index (χ3n) is 2.58. The fourth-order valence-electron chi connectivity index (χ4n) is 1.64. The minimum Gasteiger partial charge on any atom is -0.383 e. The molecule has 1 rings (SSSR count). The number of halogens is 1. The monoisotopic (exact) mass is 290 g/mol. The summed E-state index contributed by atoms with van der Waals surface area (Å²) < 4.78 is 45.0. The Morgan fingerprint density at radius 2 is 2.05 bits per heavy atom. The van der Waals surface area contributed by atoms with Gasteiger partial charge in [-0.1, -0.05) is 0 Å². The molecule has 0 radical (unpaired) electrons. The van der Waals surface area contributed by atoms with Crippen LogP contribution in [0.1, 0.15) is 11.1 Å². The number of sulfonamides is 1. The van der Waals surface area contributed by atoms with E-state index < -0.39 is 10.0 Å². The Hall–Kier alpha value is -1.02. The summed E-state index contributed by atoms with van der Waals surface area (Å²) in [6.45, 7) is 2.27. The fourth-order valence-corrected chi connectivity index (χ4v) is 2.79. The van der Waals surface area contributed by atoms with Crippen molar-refractivity contribution in [3.05, 3.63) is 29.1 Å². The molecule has 19 heavy (non-hydrogen) atoms. The summed E-state index contributed by atoms with van der Waals surface area (Å²) in [5.41, 5.74) is 0.634. The SMILES string of the molecule is CNCc1cc(S(=O)(=O)NCCOC)cc(C)c1F. The van der Waals surface area contributed by atoms with Crippen molar-refractivity contribution in [1.82, 2.24) is 10.0 Å². The predicted molar refractivity (Wildman–Crippen MR) is 71.0 cm³/mol. The van der Waals surface area contributed by atoms with E-state index in [0.29, 0.717) is 11.1 Å². The molecule has 0 atom stereocenters. The lowest BCUT2D eigenvalue weighted by atomic mass is 10.1. The second-order valence-electron chi connectivity index (χ2n) is 4.13. The van der Waals surface area contributed by atoms with Crippen molar-refractivity contribution >= 4 is 10.0 Å². The number of ether oxygens (including phenoxy) is 1. The molecular weight excluding hydrogens is 271 g/mol. The third-order valence-corrected chi connectivity index (χ3v) is 4.02. The largest absolute Gasteiger partial charge is 0.383 e. The number of hydrogen-bond acceptors (Lipinski definition) is 4. The zero-order valence-electron chi connectivity index (χ0n) is 11.3. The van der Waals surface area contributed by atoms with Gasteiger partial charge in [-0.25, -0.2) is 17.5 Å². The number of methoxy groups -OCH3 is 1. The van der Waals surface area contributed by atoms with Crippen LogP contribution in [0.5, 0.6) is 0 Å². The number of benzene rings is 1. The maximum absolute atomic E-state index is 13.8. The summed E-state index contributed by atoms with van der Waals surface area (Å²) >= 11 is 0. The number of rotatable bonds is 7. The smallest absolute Gasteiger partial charge is 0.240 e. The van der Waals surface area contributed by atoms with Crippen molar-refractivity contribution in [3.63, 3.8) is 0 Å². The average Bonchev–Trinajstić information content (AvgIpc) is 2.35. The molecule has 0 aliphatic carbocycles. The van der Waals surface area contributed by atoms with E-state index in [4.69, 9.17) is 4.74 Å². The molecule has 0 saturated heterocycles. The molecule has 0 bridgehead atoms. The molecule has 1 aromatic rings. The lowest BCUT2D eigenvalue weighted by Crippen LogP contribution is -2.27. The molecule has 1 aromatic carbocycles. The van der Waals surface area contributed by atoms with Crippen LogP contribution in [0, 0.1) is 12.7 Å². The minimum atomic E-state index is -3.64. The van der Waals surface area contributed by atoms with Crippen molar-refractivity contribution in [2.75, 3.05) is 27.3 Å². The fraction of sp³-hybridized carbons (Fsp3) is 0.500. The summed E-state index contributed by atoms with van der Waals surface area (Å²) in [4.78, 5) is 0.0627. The second-order valence-corrected chi connectivity index (χ2v) is 5.90. The van der Waals surface area contributed by atoms with Crippen LogP contribution in [0.2, 0.25) is 0 Å². The number of aryl methyl sites for hydroxylation is 1. The molecule has 0 aliphatic rings. The lowest BCUT2D eigenvalue weighted by Gasteiger charge is -2.11. The molecule has 0 unspecified atom stereocenters. The molecule has 0 aromatic heterocycles. The van der Waals surface area contributed by atoms with Crippen LogP contribution in [-0.4, -0.2) is 35.7 Å². The van der Waals surface area contributed by atoms with E-state index in [1.807, 2.05) is 0 Å². The van der Waals surface area contributed by atoms with Gasteiger partial charge in [0.25, 0.3) is 0 Å². The van der Waals surface area contributed by atoms with Gasteiger partial charge in [0, 0.05) is 25.8 Å². The van der Waals surface area contributed by atoms with Gasteiger partial charge in [0.2, 0.25) is 10.0 Å². The number of hydrogen-bond donors (Lipinski definition) is 2. The maximum Gasteiger partial charge on any atom is 0.240 e. The molecule has 5 nitrogen and oxygen atoms in total. The highest BCUT2D eigenvalue weighted by atomic mass is 32.2. The minimum absolute atomic E-state index is 0.0627. The highest BCUT2D eigenvalue weighted by Gasteiger charge is 2.17. The van der Waals surface area contributed by atoms with Crippen molar-refractivity contribution in [2.45, 2.75) is 18.4 Å². The summed E-state index contributed by atoms with van der Waals surface area (Å²) in [7, 11) is -0.476. The normalized spacial score (nSPS) is 11.8. The van der Waals surface area contributed by atoms with Crippen molar-refractivity contribution in [2.24, 2.45) is 0 Å². The van der Waals surface area contributed by atoms with Crippen LogP contribution in [-0.2, 0) is 21.3 Å². The van der Waals surface area contributed by atoms with Crippen LogP contribution in [0.15, 0.2) is 17.0 Å². The zero-order valence-corrected chi connectivity index (χ0v) is 12.1. The van der Waals surface area contributed by atoms with E-state index >= 15 is 0 Å². The van der Waals surface area contributed by atoms with E-state index in [2.05, 4.69) is 10.0 Å². The van der Waals surface area contributed by atoms with Gasteiger partial charge in [0.1, 0.15) is 5.82 Å². The Morgan fingerprint density at radius 1 is 1.37 bits per heavy atom. The van der Waals surface area contributed by atoms with Gasteiger partial charge in [0.05, 0.1) is 11.5 Å². The van der Waals surface area contributed by atoms with Gasteiger partial charge >= 0.3 is 0 Å². The van der Waals surface area contributed by atoms with Crippen LogP contribution in [0.4, 0.5) is 4.39 Å². The summed E-state index contributed by atoms with van der Waals surface area (Å²) in [5.74, 6) is -0.384. The topological polar surface area (TPSA) is 67.4 Å². The van der Waals surface area contributed by atoms with Crippen LogP contribution in [0.3, 0.4) is 0 Å². The van der Waals surface area contributed by atoms with E-state index in [1.165, 1.54) is 19.2 Å². The van der Waals surface area contributed by atoms with Crippen LogP contribution in [0.25, 0.3) is 0 Å². The summed E-state index contributed by atoms with van der Waals surface area (Å²) in [6, 6.07) is 2.66. The first kappa shape index (κ1) is 16.0. The Bertz CT molecular complexity index is 532. The summed E-state index contributed by atoms with van der Waals surface area (Å²) in [6.07, 6.45) is 0. The molecule has 0 heterocycles. The molecule has 0 saturated carbocycles. The first-order chi connectivity index (χ1) is 8.92. The van der Waals surface area contributed by atoms with E-state index in [9.17, 15) is 12.8 Å². The Labute approximate surface area is 113 Å². The lowest BCUT2D eigenvalue weighted by molar-refractivity contribution is 0.204. The highest BCUT2D eigenvalue weighted by Crippen LogP contribution is 2.19. The maximum atomic E-state index is 13.8. The van der Waals surface area contributed by atoms with Crippen LogP contribution >= 0.6 is 0 Å². The van der Waals surface area contributed by atoms with Gasteiger partial charge in [-0.3, -0.25) is 0 Å².